The fourth-order valence-electron chi connectivity index (χ4n) is 2.91. The van der Waals surface area contributed by atoms with Crippen LogP contribution in [0.5, 0.6) is 0 Å². The summed E-state index contributed by atoms with van der Waals surface area (Å²) in [6.45, 7) is 5.45. The third kappa shape index (κ3) is 3.58. The highest BCUT2D eigenvalue weighted by atomic mass is 15.2. The highest BCUT2D eigenvalue weighted by Crippen LogP contribution is 2.29. The van der Waals surface area contributed by atoms with E-state index >= 15 is 0 Å². The van der Waals surface area contributed by atoms with Crippen LogP contribution in [-0.2, 0) is 0 Å². The molecular formula is C15H26N4. The van der Waals surface area contributed by atoms with Gasteiger partial charge in [0, 0.05) is 19.6 Å². The largest absolute Gasteiger partial charge is 0.369 e. The van der Waals surface area contributed by atoms with Gasteiger partial charge in [-0.1, -0.05) is 26.7 Å². The first-order valence-corrected chi connectivity index (χ1v) is 7.51. The summed E-state index contributed by atoms with van der Waals surface area (Å²) in [7, 11) is 2.15. The molecule has 106 valence electrons. The van der Waals surface area contributed by atoms with Gasteiger partial charge in [0.15, 0.2) is 0 Å². The molecule has 1 aromatic rings. The zero-order valence-electron chi connectivity index (χ0n) is 12.4. The molecule has 0 aliphatic heterocycles. The van der Waals surface area contributed by atoms with E-state index in [0.29, 0.717) is 6.04 Å². The zero-order valence-corrected chi connectivity index (χ0v) is 12.4. The number of hydrogen-bond acceptors (Lipinski definition) is 4. The molecule has 2 atom stereocenters. The van der Waals surface area contributed by atoms with Crippen molar-refractivity contribution in [2.75, 3.05) is 23.8 Å². The normalized spacial score (nSPS) is 23.1. The molecule has 1 aromatic heterocycles. The zero-order chi connectivity index (χ0) is 13.7. The molecule has 0 bridgehead atoms. The van der Waals surface area contributed by atoms with E-state index in [0.717, 1.165) is 30.5 Å². The molecule has 1 fully saturated rings. The second-order valence-electron chi connectivity index (χ2n) is 5.63. The van der Waals surface area contributed by atoms with Crippen molar-refractivity contribution in [1.29, 1.82) is 0 Å². The Kier molecular flexibility index (Phi) is 5.00. The van der Waals surface area contributed by atoms with E-state index in [1.54, 1.807) is 6.20 Å². The van der Waals surface area contributed by atoms with E-state index in [1.807, 2.05) is 6.20 Å². The van der Waals surface area contributed by atoms with Gasteiger partial charge in [-0.2, -0.15) is 0 Å². The van der Waals surface area contributed by atoms with Crippen molar-refractivity contribution in [1.82, 2.24) is 9.97 Å². The lowest BCUT2D eigenvalue weighted by atomic mass is 9.85. The number of aromatic nitrogens is 2. The number of rotatable bonds is 5. The molecule has 1 saturated carbocycles. The Balaban J connectivity index is 2.07. The average Bonchev–Trinajstić information content (AvgIpc) is 2.45. The van der Waals surface area contributed by atoms with E-state index in [-0.39, 0.29) is 0 Å². The quantitative estimate of drug-likeness (QED) is 0.884. The van der Waals surface area contributed by atoms with Gasteiger partial charge >= 0.3 is 0 Å². The molecule has 1 aliphatic rings. The van der Waals surface area contributed by atoms with Crippen LogP contribution in [-0.4, -0.2) is 29.6 Å². The smallest absolute Gasteiger partial charge is 0.149 e. The molecule has 0 amide bonds. The standard InChI is InChI=1S/C15H26N4/c1-4-9-17-14-10-16-11-15(18-14)19(3)13-8-6-5-7-12(13)2/h10-13H,4-9H2,1-3H3,(H,17,18). The van der Waals surface area contributed by atoms with Crippen molar-refractivity contribution in [3.63, 3.8) is 0 Å². The number of nitrogens with one attached hydrogen (secondary N) is 1. The summed E-state index contributed by atoms with van der Waals surface area (Å²) in [4.78, 5) is 11.3. The van der Waals surface area contributed by atoms with Crippen LogP contribution >= 0.6 is 0 Å². The summed E-state index contributed by atoms with van der Waals surface area (Å²) in [5, 5.41) is 3.30. The Morgan fingerprint density at radius 2 is 2.11 bits per heavy atom. The van der Waals surface area contributed by atoms with E-state index in [2.05, 4.69) is 41.1 Å². The molecule has 1 N–H and O–H groups in total. The van der Waals surface area contributed by atoms with Crippen LogP contribution in [0, 0.1) is 5.92 Å². The van der Waals surface area contributed by atoms with E-state index in [4.69, 9.17) is 0 Å². The molecular weight excluding hydrogens is 236 g/mol. The summed E-state index contributed by atoms with van der Waals surface area (Å²) in [6.07, 6.45) is 10.1. The maximum Gasteiger partial charge on any atom is 0.149 e. The molecule has 0 radical (unpaired) electrons. The minimum absolute atomic E-state index is 0.601. The second-order valence-corrected chi connectivity index (χ2v) is 5.63. The molecule has 4 nitrogen and oxygen atoms in total. The summed E-state index contributed by atoms with van der Waals surface area (Å²) in [6, 6.07) is 0.601. The van der Waals surface area contributed by atoms with Crippen molar-refractivity contribution in [3.05, 3.63) is 12.4 Å². The molecule has 0 saturated heterocycles. The van der Waals surface area contributed by atoms with Gasteiger partial charge in [-0.25, -0.2) is 4.98 Å². The maximum absolute atomic E-state index is 4.67. The lowest BCUT2D eigenvalue weighted by Crippen LogP contribution is -2.39. The van der Waals surface area contributed by atoms with Gasteiger partial charge in [0.25, 0.3) is 0 Å². The first kappa shape index (κ1) is 14.1. The van der Waals surface area contributed by atoms with Gasteiger partial charge in [0.05, 0.1) is 12.4 Å². The Hall–Kier alpha value is -1.32. The van der Waals surface area contributed by atoms with Crippen LogP contribution in [0.4, 0.5) is 11.6 Å². The van der Waals surface area contributed by atoms with Crippen LogP contribution in [0.25, 0.3) is 0 Å². The molecule has 0 aromatic carbocycles. The molecule has 1 aliphatic carbocycles. The Labute approximate surface area is 116 Å². The van der Waals surface area contributed by atoms with Crippen LogP contribution in [0.3, 0.4) is 0 Å². The summed E-state index contributed by atoms with van der Waals surface area (Å²) in [5.41, 5.74) is 0. The average molecular weight is 262 g/mol. The fraction of sp³-hybridized carbons (Fsp3) is 0.733. The highest BCUT2D eigenvalue weighted by molar-refractivity contribution is 5.44. The number of anilines is 2. The highest BCUT2D eigenvalue weighted by Gasteiger charge is 2.25. The van der Waals surface area contributed by atoms with Crippen LogP contribution < -0.4 is 10.2 Å². The van der Waals surface area contributed by atoms with Crippen LogP contribution in [0.2, 0.25) is 0 Å². The van der Waals surface area contributed by atoms with E-state index < -0.39 is 0 Å². The minimum Gasteiger partial charge on any atom is -0.369 e. The summed E-state index contributed by atoms with van der Waals surface area (Å²) < 4.78 is 0. The van der Waals surface area contributed by atoms with Crippen molar-refractivity contribution >= 4 is 11.6 Å². The SMILES string of the molecule is CCCNc1cncc(N(C)C2CCCCC2C)n1. The monoisotopic (exact) mass is 262 g/mol. The Bertz CT molecular complexity index is 393. The van der Waals surface area contributed by atoms with Gasteiger partial charge in [-0.05, 0) is 25.2 Å². The predicted octanol–water partition coefficient (Wildman–Crippen LogP) is 3.31. The van der Waals surface area contributed by atoms with Crippen molar-refractivity contribution in [2.24, 2.45) is 5.92 Å². The van der Waals surface area contributed by atoms with Crippen molar-refractivity contribution in [3.8, 4) is 0 Å². The van der Waals surface area contributed by atoms with Gasteiger partial charge in [0.1, 0.15) is 11.6 Å². The van der Waals surface area contributed by atoms with E-state index in [1.165, 1.54) is 25.7 Å². The van der Waals surface area contributed by atoms with Gasteiger partial charge in [-0.15, -0.1) is 0 Å². The Morgan fingerprint density at radius 3 is 2.84 bits per heavy atom. The predicted molar refractivity (Wildman–Crippen MR) is 80.6 cm³/mol. The van der Waals surface area contributed by atoms with Gasteiger partial charge in [0.2, 0.25) is 0 Å². The molecule has 2 unspecified atom stereocenters. The number of hydrogen-bond donors (Lipinski definition) is 1. The lowest BCUT2D eigenvalue weighted by molar-refractivity contribution is 0.320. The third-order valence-corrected chi connectivity index (χ3v) is 4.10. The Morgan fingerprint density at radius 1 is 1.32 bits per heavy atom. The van der Waals surface area contributed by atoms with Gasteiger partial charge in [-0.3, -0.25) is 4.98 Å². The maximum atomic E-state index is 4.67. The van der Waals surface area contributed by atoms with E-state index in [9.17, 15) is 0 Å². The fourth-order valence-corrected chi connectivity index (χ4v) is 2.91. The number of nitrogens with zero attached hydrogens (tertiary/aromatic N) is 3. The first-order valence-electron chi connectivity index (χ1n) is 7.51. The topological polar surface area (TPSA) is 41.1 Å². The van der Waals surface area contributed by atoms with Crippen LogP contribution in [0.15, 0.2) is 12.4 Å². The molecule has 0 spiro atoms. The van der Waals surface area contributed by atoms with Crippen LogP contribution in [0.1, 0.15) is 46.0 Å². The molecule has 4 heteroatoms. The molecule has 1 heterocycles. The molecule has 2 rings (SSSR count). The molecule has 19 heavy (non-hydrogen) atoms. The summed E-state index contributed by atoms with van der Waals surface area (Å²) in [5.74, 6) is 2.61. The van der Waals surface area contributed by atoms with Crippen molar-refractivity contribution in [2.45, 2.75) is 52.0 Å². The first-order chi connectivity index (χ1) is 9.22. The minimum atomic E-state index is 0.601. The third-order valence-electron chi connectivity index (χ3n) is 4.10. The lowest BCUT2D eigenvalue weighted by Gasteiger charge is -2.36. The van der Waals surface area contributed by atoms with Gasteiger partial charge < -0.3 is 10.2 Å². The summed E-state index contributed by atoms with van der Waals surface area (Å²) >= 11 is 0. The second kappa shape index (κ2) is 6.73. The van der Waals surface area contributed by atoms with Crippen molar-refractivity contribution < 1.29 is 0 Å².